The van der Waals surface area contributed by atoms with Crippen LogP contribution in [0.15, 0.2) is 48.5 Å². The van der Waals surface area contributed by atoms with Gasteiger partial charge in [0, 0.05) is 6.54 Å². The van der Waals surface area contributed by atoms with Crippen LogP contribution in [0.5, 0.6) is 5.75 Å². The van der Waals surface area contributed by atoms with Gasteiger partial charge < -0.3 is 14.9 Å². The van der Waals surface area contributed by atoms with E-state index in [-0.39, 0.29) is 24.1 Å². The van der Waals surface area contributed by atoms with E-state index in [0.29, 0.717) is 6.54 Å². The molecule has 166 valence electrons. The molecule has 0 saturated carbocycles. The maximum atomic E-state index is 12.7. The van der Waals surface area contributed by atoms with Gasteiger partial charge in [0.25, 0.3) is 0 Å². The number of aromatic hydroxyl groups is 1. The van der Waals surface area contributed by atoms with Crippen molar-refractivity contribution in [2.45, 2.75) is 38.1 Å². The van der Waals surface area contributed by atoms with E-state index in [2.05, 4.69) is 36.7 Å². The Morgan fingerprint density at radius 1 is 0.968 bits per heavy atom. The first-order chi connectivity index (χ1) is 14.8. The second kappa shape index (κ2) is 10.4. The predicted molar refractivity (Wildman–Crippen MR) is 123 cm³/mol. The molecule has 0 saturated heterocycles. The van der Waals surface area contributed by atoms with E-state index in [1.807, 2.05) is 36.4 Å². The summed E-state index contributed by atoms with van der Waals surface area (Å²) in [7, 11) is 6.63. The molecule has 1 atom stereocenters. The summed E-state index contributed by atoms with van der Waals surface area (Å²) in [4.78, 5) is 14.3. The third kappa shape index (κ3) is 7.07. The number of carbonyl (C=O) groups is 1. The fourth-order valence-electron chi connectivity index (χ4n) is 3.59. The number of benzene rings is 2. The third-order valence-electron chi connectivity index (χ3n) is 5.32. The van der Waals surface area contributed by atoms with Crippen LogP contribution in [0.3, 0.4) is 0 Å². The summed E-state index contributed by atoms with van der Waals surface area (Å²) < 4.78 is 0.992. The highest BCUT2D eigenvalue weighted by Crippen LogP contribution is 2.24. The molecule has 0 aliphatic carbocycles. The molecule has 0 aliphatic rings. The first-order valence-electron chi connectivity index (χ1n) is 11.0. The second-order valence-electron chi connectivity index (χ2n) is 9.10. The van der Waals surface area contributed by atoms with Crippen molar-refractivity contribution in [2.24, 2.45) is 0 Å². The number of aromatic nitrogens is 3. The summed E-state index contributed by atoms with van der Waals surface area (Å²) in [6.45, 7) is 1.85. The van der Waals surface area contributed by atoms with Crippen molar-refractivity contribution in [3.8, 4) is 5.75 Å². The lowest BCUT2D eigenvalue weighted by molar-refractivity contribution is -0.870. The zero-order valence-corrected chi connectivity index (χ0v) is 18.8. The minimum atomic E-state index is -0.336. The van der Waals surface area contributed by atoms with Gasteiger partial charge in [0.05, 0.1) is 34.1 Å². The Morgan fingerprint density at radius 2 is 1.58 bits per heavy atom. The molecule has 0 spiro atoms. The Bertz CT molecular complexity index is 943. The number of hydrogen-bond acceptors (Lipinski definition) is 4. The summed E-state index contributed by atoms with van der Waals surface area (Å²) in [5.74, 6) is 0.168. The number of nitrogens with one attached hydrogen (secondary N) is 1. The molecule has 7 nitrogen and oxygen atoms in total. The highest BCUT2D eigenvalue weighted by molar-refractivity contribution is 5.77. The van der Waals surface area contributed by atoms with E-state index in [1.165, 1.54) is 19.4 Å². The molecule has 0 radical (unpaired) electrons. The lowest BCUT2D eigenvalue weighted by Crippen LogP contribution is -2.35. The molecule has 3 rings (SSSR count). The molecule has 1 unspecified atom stereocenters. The third-order valence-corrected chi connectivity index (χ3v) is 5.32. The smallest absolute Gasteiger partial charge is 0.222 e. The van der Waals surface area contributed by atoms with Crippen molar-refractivity contribution < 1.29 is 14.4 Å². The molecule has 0 bridgehead atoms. The van der Waals surface area contributed by atoms with Crippen LogP contribution < -0.4 is 5.32 Å². The van der Waals surface area contributed by atoms with Crippen LogP contribution in [0.4, 0.5) is 0 Å². The minimum absolute atomic E-state index is 0.0224. The van der Waals surface area contributed by atoms with Gasteiger partial charge in [-0.3, -0.25) is 4.79 Å². The van der Waals surface area contributed by atoms with E-state index < -0.39 is 0 Å². The molecule has 1 amide bonds. The first-order valence-corrected chi connectivity index (χ1v) is 11.0. The largest absolute Gasteiger partial charge is 0.508 e. The molecule has 1 heterocycles. The van der Waals surface area contributed by atoms with Crippen LogP contribution >= 0.6 is 0 Å². The van der Waals surface area contributed by atoms with Gasteiger partial charge >= 0.3 is 0 Å². The Kier molecular flexibility index (Phi) is 7.63. The normalized spacial score (nSPS) is 12.7. The highest BCUT2D eigenvalue weighted by atomic mass is 16.3. The number of hydrogen-bond donors (Lipinski definition) is 2. The van der Waals surface area contributed by atoms with Gasteiger partial charge in [-0.1, -0.05) is 30.7 Å². The number of quaternary nitrogens is 1. The Hall–Kier alpha value is -2.93. The molecule has 0 aliphatic heterocycles. The van der Waals surface area contributed by atoms with Gasteiger partial charge in [0.15, 0.2) is 0 Å². The molecular weight excluding hydrogens is 390 g/mol. The zero-order chi connectivity index (χ0) is 22.3. The maximum absolute atomic E-state index is 12.7. The molecule has 2 N–H and O–H groups in total. The zero-order valence-electron chi connectivity index (χ0n) is 18.8. The number of amides is 1. The SMILES string of the molecule is C[N+](C)(C)CCCCCCNC(=O)CC(c1ccc(O)cc1)n1nc2ccccc2n1. The second-order valence-corrected chi connectivity index (χ2v) is 9.10. The monoisotopic (exact) mass is 424 g/mol. The lowest BCUT2D eigenvalue weighted by Gasteiger charge is -2.23. The standard InChI is InChI=1S/C24H33N5O2/c1-29(2,3)17-9-5-4-8-16-25-24(31)18-23(19-12-14-20(30)15-13-19)28-26-21-10-6-7-11-22(21)27-28/h6-7,10-15,23H,4-5,8-9,16-18H2,1-3H3,(H-,25,30,31)/p+1. The maximum Gasteiger partial charge on any atom is 0.222 e. The van der Waals surface area contributed by atoms with Crippen LogP contribution in [0, 0.1) is 0 Å². The van der Waals surface area contributed by atoms with Gasteiger partial charge in [0.2, 0.25) is 5.91 Å². The van der Waals surface area contributed by atoms with Gasteiger partial charge in [0.1, 0.15) is 22.8 Å². The molecule has 1 aromatic heterocycles. The van der Waals surface area contributed by atoms with Crippen LogP contribution in [-0.2, 0) is 4.79 Å². The molecule has 0 fully saturated rings. The van der Waals surface area contributed by atoms with Gasteiger partial charge in [-0.15, -0.1) is 0 Å². The molecule has 31 heavy (non-hydrogen) atoms. The average molecular weight is 425 g/mol. The molecule has 2 aromatic carbocycles. The van der Waals surface area contributed by atoms with Crippen LogP contribution in [0.25, 0.3) is 11.0 Å². The number of fused-ring (bicyclic) bond motifs is 1. The number of phenolic OH excluding ortho intramolecular Hbond substituents is 1. The Morgan fingerprint density at radius 3 is 2.19 bits per heavy atom. The highest BCUT2D eigenvalue weighted by Gasteiger charge is 2.21. The minimum Gasteiger partial charge on any atom is -0.508 e. The molecule has 7 heteroatoms. The van der Waals surface area contributed by atoms with E-state index in [0.717, 1.165) is 33.9 Å². The number of carbonyl (C=O) groups excluding carboxylic acids is 1. The van der Waals surface area contributed by atoms with E-state index in [9.17, 15) is 9.90 Å². The number of phenols is 1. The van der Waals surface area contributed by atoms with Crippen molar-refractivity contribution in [1.82, 2.24) is 20.3 Å². The summed E-state index contributed by atoms with van der Waals surface area (Å²) >= 11 is 0. The van der Waals surface area contributed by atoms with Crippen molar-refractivity contribution in [3.63, 3.8) is 0 Å². The van der Waals surface area contributed by atoms with Crippen molar-refractivity contribution in [3.05, 3.63) is 54.1 Å². The number of unbranched alkanes of at least 4 members (excludes halogenated alkanes) is 3. The number of nitrogens with zero attached hydrogens (tertiary/aromatic N) is 4. The first kappa shape index (κ1) is 22.7. The van der Waals surface area contributed by atoms with Gasteiger partial charge in [-0.05, 0) is 49.1 Å². The summed E-state index contributed by atoms with van der Waals surface area (Å²) in [5, 5.41) is 21.8. The topological polar surface area (TPSA) is 80.0 Å². The van der Waals surface area contributed by atoms with Crippen molar-refractivity contribution >= 4 is 16.9 Å². The van der Waals surface area contributed by atoms with E-state index in [1.54, 1.807) is 16.9 Å². The molecule has 3 aromatic rings. The summed E-state index contributed by atoms with van der Waals surface area (Å²) in [5.41, 5.74) is 2.47. The Balaban J connectivity index is 1.57. The number of rotatable bonds is 11. The predicted octanol–water partition coefficient (Wildman–Crippen LogP) is 3.50. The van der Waals surface area contributed by atoms with E-state index >= 15 is 0 Å². The van der Waals surface area contributed by atoms with Crippen LogP contribution in [-0.4, -0.2) is 64.7 Å². The Labute approximate surface area is 184 Å². The van der Waals surface area contributed by atoms with Crippen molar-refractivity contribution in [1.29, 1.82) is 0 Å². The van der Waals surface area contributed by atoms with Crippen LogP contribution in [0.2, 0.25) is 0 Å². The fraction of sp³-hybridized carbons (Fsp3) is 0.458. The van der Waals surface area contributed by atoms with Crippen molar-refractivity contribution in [2.75, 3.05) is 34.2 Å². The molecular formula is C24H34N5O2+. The summed E-state index contributed by atoms with van der Waals surface area (Å²) in [6.07, 6.45) is 4.74. The quantitative estimate of drug-likeness (QED) is 0.365. The summed E-state index contributed by atoms with van der Waals surface area (Å²) in [6, 6.07) is 14.2. The average Bonchev–Trinajstić information content (AvgIpc) is 3.15. The lowest BCUT2D eigenvalue weighted by atomic mass is 10.0. The van der Waals surface area contributed by atoms with Gasteiger partial charge in [-0.2, -0.15) is 15.0 Å². The fourth-order valence-corrected chi connectivity index (χ4v) is 3.59. The van der Waals surface area contributed by atoms with Crippen LogP contribution in [0.1, 0.15) is 43.7 Å². The van der Waals surface area contributed by atoms with E-state index in [4.69, 9.17) is 0 Å². The van der Waals surface area contributed by atoms with Gasteiger partial charge in [-0.25, -0.2) is 0 Å².